The number of ether oxygens (including phenoxy) is 2. The van der Waals surface area contributed by atoms with E-state index in [1.807, 2.05) is 0 Å². The van der Waals surface area contributed by atoms with E-state index in [0.29, 0.717) is 12.3 Å². The number of amides is 1. The van der Waals surface area contributed by atoms with Crippen molar-refractivity contribution in [3.8, 4) is 0 Å². The molecule has 0 bridgehead atoms. The highest BCUT2D eigenvalue weighted by Gasteiger charge is 2.26. The Labute approximate surface area is 179 Å². The maximum atomic E-state index is 12.2. The number of amidine groups is 1. The van der Waals surface area contributed by atoms with Crippen molar-refractivity contribution in [2.45, 2.75) is 58.0 Å². The predicted molar refractivity (Wildman–Crippen MR) is 116 cm³/mol. The number of aliphatic imine (C=N–C) groups is 4. The van der Waals surface area contributed by atoms with Gasteiger partial charge in [0.2, 0.25) is 5.91 Å². The van der Waals surface area contributed by atoms with Gasteiger partial charge < -0.3 is 14.8 Å². The fourth-order valence-electron chi connectivity index (χ4n) is 2.72. The average molecular weight is 438 g/mol. The third kappa shape index (κ3) is 7.69. The molecule has 2 unspecified atom stereocenters. The molecule has 30 heavy (non-hydrogen) atoms. The second-order valence-electron chi connectivity index (χ2n) is 6.39. The summed E-state index contributed by atoms with van der Waals surface area (Å²) in [7, 11) is 0. The molecule has 164 valence electrons. The van der Waals surface area contributed by atoms with E-state index in [9.17, 15) is 14.4 Å². The number of unbranched alkanes of at least 4 members (excludes halogenated alkanes) is 1. The van der Waals surface area contributed by atoms with Crippen LogP contribution < -0.4 is 5.32 Å². The molecule has 0 aliphatic carbocycles. The van der Waals surface area contributed by atoms with E-state index >= 15 is 0 Å². The van der Waals surface area contributed by atoms with Gasteiger partial charge in [-0.25, -0.2) is 19.8 Å². The van der Waals surface area contributed by atoms with Crippen LogP contribution in [0, 0.1) is 0 Å². The van der Waals surface area contributed by atoms with Crippen LogP contribution in [0.5, 0.6) is 0 Å². The Balaban J connectivity index is 1.68. The zero-order valence-electron chi connectivity index (χ0n) is 17.2. The maximum absolute atomic E-state index is 12.2. The summed E-state index contributed by atoms with van der Waals surface area (Å²) in [6.07, 6.45) is 4.88. The molecule has 1 amide bonds. The van der Waals surface area contributed by atoms with Crippen molar-refractivity contribution in [2.75, 3.05) is 19.0 Å². The molecule has 2 heterocycles. The molecule has 2 rings (SSSR count). The minimum absolute atomic E-state index is 0.0363. The lowest BCUT2D eigenvalue weighted by Gasteiger charge is -2.17. The second kappa shape index (κ2) is 12.9. The number of hydrogen-bond donors (Lipinski definition) is 1. The first-order valence-corrected chi connectivity index (χ1v) is 11.0. The van der Waals surface area contributed by atoms with Gasteiger partial charge in [-0.05, 0) is 38.9 Å². The van der Waals surface area contributed by atoms with Gasteiger partial charge >= 0.3 is 11.9 Å². The van der Waals surface area contributed by atoms with E-state index in [4.69, 9.17) is 9.47 Å². The summed E-state index contributed by atoms with van der Waals surface area (Å²) < 4.78 is 9.85. The summed E-state index contributed by atoms with van der Waals surface area (Å²) >= 11 is 1.57. The Hall–Kier alpha value is -2.56. The first-order chi connectivity index (χ1) is 14.5. The van der Waals surface area contributed by atoms with Crippen LogP contribution in [-0.2, 0) is 23.9 Å². The Bertz CT molecular complexity index is 750. The molecule has 0 fully saturated rings. The van der Waals surface area contributed by atoms with Gasteiger partial charge in [-0.1, -0.05) is 0 Å². The van der Waals surface area contributed by atoms with E-state index in [0.717, 1.165) is 17.2 Å². The number of nitrogens with one attached hydrogen (secondary N) is 1. The highest BCUT2D eigenvalue weighted by molar-refractivity contribution is 8.14. The summed E-state index contributed by atoms with van der Waals surface area (Å²) in [6.45, 7) is 3.87. The van der Waals surface area contributed by atoms with Crippen LogP contribution in [0.4, 0.5) is 0 Å². The third-order valence-electron chi connectivity index (χ3n) is 4.16. The van der Waals surface area contributed by atoms with Crippen LogP contribution in [0.15, 0.2) is 20.0 Å². The topological polar surface area (TPSA) is 131 Å². The largest absolute Gasteiger partial charge is 0.466 e. The van der Waals surface area contributed by atoms with E-state index in [-0.39, 0.29) is 44.4 Å². The molecule has 1 N–H and O–H groups in total. The molecular weight excluding hydrogens is 410 g/mol. The maximum Gasteiger partial charge on any atom is 0.328 e. The van der Waals surface area contributed by atoms with Crippen molar-refractivity contribution in [2.24, 2.45) is 20.0 Å². The van der Waals surface area contributed by atoms with Crippen molar-refractivity contribution < 1.29 is 23.9 Å². The number of hydrogen-bond acceptors (Lipinski definition) is 10. The highest BCUT2D eigenvalue weighted by Crippen LogP contribution is 2.19. The lowest BCUT2D eigenvalue weighted by atomic mass is 10.1. The molecule has 0 spiro atoms. The van der Waals surface area contributed by atoms with Crippen molar-refractivity contribution in [1.29, 1.82) is 0 Å². The number of nitrogens with zero attached hydrogens (tertiary/aromatic N) is 4. The van der Waals surface area contributed by atoms with E-state index < -0.39 is 18.0 Å². The van der Waals surface area contributed by atoms with E-state index in [2.05, 4.69) is 25.3 Å². The van der Waals surface area contributed by atoms with Crippen molar-refractivity contribution in [3.63, 3.8) is 0 Å². The van der Waals surface area contributed by atoms with E-state index in [1.165, 1.54) is 12.7 Å². The third-order valence-corrected chi connectivity index (χ3v) is 5.27. The Kier molecular flexibility index (Phi) is 10.2. The molecule has 11 heteroatoms. The lowest BCUT2D eigenvalue weighted by Crippen LogP contribution is -2.42. The molecule has 10 nitrogen and oxygen atoms in total. The van der Waals surface area contributed by atoms with Gasteiger partial charge in [-0.2, -0.15) is 0 Å². The zero-order valence-corrected chi connectivity index (χ0v) is 18.0. The van der Waals surface area contributed by atoms with Crippen molar-refractivity contribution in [3.05, 3.63) is 0 Å². The number of thioether (sulfide) groups is 1. The minimum Gasteiger partial charge on any atom is -0.466 e. The Morgan fingerprint density at radius 3 is 2.67 bits per heavy atom. The van der Waals surface area contributed by atoms with Gasteiger partial charge in [0.15, 0.2) is 11.9 Å². The van der Waals surface area contributed by atoms with Gasteiger partial charge in [0.25, 0.3) is 0 Å². The molecule has 0 aromatic rings. The summed E-state index contributed by atoms with van der Waals surface area (Å²) in [5.41, 5.74) is 0. The van der Waals surface area contributed by atoms with Crippen LogP contribution in [0.3, 0.4) is 0 Å². The standard InChI is InChI=1S/C19H27N5O5S/c1-3-28-15(26)9-8-13(19(27)29-4-2)24-14(25)7-5-6-10-30-18-16-17(21-11-20-16)22-12-23-18/h11-13,16H,3-10H2,1-2H3,(H,24,25). The van der Waals surface area contributed by atoms with Crippen LogP contribution in [0.2, 0.25) is 0 Å². The first kappa shape index (κ1) is 23.7. The number of carbonyl (C=O) groups excluding carboxylic acids is 3. The monoisotopic (exact) mass is 437 g/mol. The van der Waals surface area contributed by atoms with Crippen LogP contribution >= 0.6 is 11.8 Å². The SMILES string of the molecule is CCOC(=O)CCC(NC(=O)CCCCSC1=NC=NC2=NC=NC21)C(=O)OCC. The lowest BCUT2D eigenvalue weighted by molar-refractivity contribution is -0.148. The summed E-state index contributed by atoms with van der Waals surface area (Å²) in [5, 5.41) is 3.52. The normalized spacial score (nSPS) is 17.6. The highest BCUT2D eigenvalue weighted by atomic mass is 32.2. The quantitative estimate of drug-likeness (QED) is 0.364. The number of esters is 2. The molecule has 0 aromatic heterocycles. The van der Waals surface area contributed by atoms with E-state index in [1.54, 1.807) is 25.6 Å². The summed E-state index contributed by atoms with van der Waals surface area (Å²) in [6, 6.07) is -1.06. The molecular formula is C19H27N5O5S. The minimum atomic E-state index is -0.856. The first-order valence-electron chi connectivity index (χ1n) is 9.99. The molecule has 2 aliphatic heterocycles. The molecule has 0 aromatic carbocycles. The molecule has 0 saturated carbocycles. The van der Waals surface area contributed by atoms with Gasteiger partial charge in [0, 0.05) is 12.8 Å². The molecule has 0 saturated heterocycles. The smallest absolute Gasteiger partial charge is 0.328 e. The fraction of sp³-hybridized carbons (Fsp3) is 0.632. The number of rotatable bonds is 12. The zero-order chi connectivity index (χ0) is 21.8. The predicted octanol–water partition coefficient (Wildman–Crippen LogP) is 1.53. The van der Waals surface area contributed by atoms with Gasteiger partial charge in [0.1, 0.15) is 23.8 Å². The van der Waals surface area contributed by atoms with Crippen molar-refractivity contribution >= 4 is 53.2 Å². The molecule has 2 aliphatic rings. The molecule has 2 atom stereocenters. The van der Waals surface area contributed by atoms with Gasteiger partial charge in [0.05, 0.1) is 13.2 Å². The Morgan fingerprint density at radius 2 is 1.90 bits per heavy atom. The molecule has 0 radical (unpaired) electrons. The average Bonchev–Trinajstić information content (AvgIpc) is 3.21. The number of carbonyl (C=O) groups is 3. The fourth-order valence-corrected chi connectivity index (χ4v) is 3.73. The summed E-state index contributed by atoms with van der Waals surface area (Å²) in [4.78, 5) is 52.5. The van der Waals surface area contributed by atoms with Crippen LogP contribution in [-0.4, -0.2) is 72.5 Å². The summed E-state index contributed by atoms with van der Waals surface area (Å²) in [5.74, 6) is 0.230. The van der Waals surface area contributed by atoms with Crippen LogP contribution in [0.1, 0.15) is 46.0 Å². The Morgan fingerprint density at radius 1 is 1.10 bits per heavy atom. The van der Waals surface area contributed by atoms with Gasteiger partial charge in [-0.3, -0.25) is 14.6 Å². The second-order valence-corrected chi connectivity index (χ2v) is 7.50. The number of fused-ring (bicyclic) bond motifs is 1. The van der Waals surface area contributed by atoms with Crippen LogP contribution in [0.25, 0.3) is 0 Å². The van der Waals surface area contributed by atoms with Gasteiger partial charge in [-0.15, -0.1) is 11.8 Å². The van der Waals surface area contributed by atoms with Crippen molar-refractivity contribution in [1.82, 2.24) is 5.32 Å².